The maximum Gasteiger partial charge on any atom is 0.193 e. The Morgan fingerprint density at radius 3 is 2.90 bits per heavy atom. The van der Waals surface area contributed by atoms with E-state index in [1.165, 1.54) is 5.56 Å². The lowest BCUT2D eigenvalue weighted by Crippen LogP contribution is -2.22. The first-order chi connectivity index (χ1) is 9.68. The highest BCUT2D eigenvalue weighted by molar-refractivity contribution is 9.10. The monoisotopic (exact) mass is 350 g/mol. The van der Waals surface area contributed by atoms with Crippen LogP contribution in [0, 0.1) is 0 Å². The number of halogens is 1. The Morgan fingerprint density at radius 1 is 1.35 bits per heavy atom. The van der Waals surface area contributed by atoms with Crippen LogP contribution in [0.15, 0.2) is 28.7 Å². The summed E-state index contributed by atoms with van der Waals surface area (Å²) in [6, 6.07) is 8.08. The topological polar surface area (TPSA) is 55.9 Å². The molecule has 3 N–H and O–H groups in total. The van der Waals surface area contributed by atoms with Crippen LogP contribution < -0.4 is 11.1 Å². The molecule has 0 saturated carbocycles. The van der Waals surface area contributed by atoms with Gasteiger partial charge in [-0.2, -0.15) is 9.78 Å². The van der Waals surface area contributed by atoms with Crippen LogP contribution in [-0.2, 0) is 6.42 Å². The summed E-state index contributed by atoms with van der Waals surface area (Å²) in [5.41, 5.74) is 9.02. The van der Waals surface area contributed by atoms with Gasteiger partial charge in [-0.1, -0.05) is 34.1 Å². The summed E-state index contributed by atoms with van der Waals surface area (Å²) in [7, 11) is 0. The second kappa shape index (κ2) is 5.54. The van der Waals surface area contributed by atoms with Gasteiger partial charge in [0.15, 0.2) is 5.11 Å². The van der Waals surface area contributed by atoms with Crippen molar-refractivity contribution in [2.45, 2.75) is 19.3 Å². The minimum absolute atomic E-state index is 0.272. The number of hydrogen-bond acceptors (Lipinski definition) is 3. The first-order valence-corrected chi connectivity index (χ1v) is 7.79. The number of aromatic nitrogens is 2. The van der Waals surface area contributed by atoms with Crippen LogP contribution in [0.4, 0.5) is 5.82 Å². The van der Waals surface area contributed by atoms with Crippen LogP contribution in [0.2, 0.25) is 0 Å². The van der Waals surface area contributed by atoms with Gasteiger partial charge in [-0.3, -0.25) is 0 Å². The van der Waals surface area contributed by atoms with Crippen molar-refractivity contribution in [2.24, 2.45) is 5.73 Å². The van der Waals surface area contributed by atoms with E-state index in [1.807, 2.05) is 18.2 Å². The summed E-state index contributed by atoms with van der Waals surface area (Å²) in [6.45, 7) is 0.927. The van der Waals surface area contributed by atoms with Gasteiger partial charge in [0.25, 0.3) is 0 Å². The summed E-state index contributed by atoms with van der Waals surface area (Å²) in [4.78, 5) is 0. The van der Waals surface area contributed by atoms with Crippen LogP contribution in [0.5, 0.6) is 0 Å². The molecule has 0 atom stereocenters. The number of thiocarbonyl (C=S) groups is 1. The van der Waals surface area contributed by atoms with Crippen molar-refractivity contribution in [2.75, 3.05) is 11.9 Å². The van der Waals surface area contributed by atoms with E-state index >= 15 is 0 Å². The maximum atomic E-state index is 5.80. The minimum atomic E-state index is 0.272. The Morgan fingerprint density at radius 2 is 2.15 bits per heavy atom. The second-order valence-electron chi connectivity index (χ2n) is 4.79. The highest BCUT2D eigenvalue weighted by Gasteiger charge is 2.22. The number of benzene rings is 1. The second-order valence-corrected chi connectivity index (χ2v) is 6.06. The van der Waals surface area contributed by atoms with Crippen molar-refractivity contribution in [1.29, 1.82) is 0 Å². The Hall–Kier alpha value is -1.40. The maximum absolute atomic E-state index is 5.80. The summed E-state index contributed by atoms with van der Waals surface area (Å²) in [5, 5.41) is 8.30. The zero-order chi connectivity index (χ0) is 14.1. The molecule has 0 fully saturated rings. The molecular formula is C14H15BrN4S. The Labute approximate surface area is 131 Å². The lowest BCUT2D eigenvalue weighted by atomic mass is 10.0. The third-order valence-corrected chi connectivity index (χ3v) is 4.33. The molecule has 0 amide bonds. The highest BCUT2D eigenvalue weighted by Crippen LogP contribution is 2.35. The molecule has 0 radical (unpaired) electrons. The molecule has 2 heterocycles. The standard InChI is InChI=1S/C14H15BrN4S/c15-11-7-2-1-5-9(11)12-10-6-3-4-8-17-13(10)19(18-12)14(16)20/h1-2,5,7,17H,3-4,6,8H2,(H2,16,20). The van der Waals surface area contributed by atoms with E-state index in [4.69, 9.17) is 18.0 Å². The number of rotatable bonds is 1. The summed E-state index contributed by atoms with van der Waals surface area (Å²) in [6.07, 6.45) is 3.27. The number of anilines is 1. The SMILES string of the molecule is NC(=S)n1nc(-c2ccccc2Br)c2c1NCCCC2. The number of nitrogens with one attached hydrogen (secondary N) is 1. The van der Waals surface area contributed by atoms with Crippen molar-refractivity contribution in [3.05, 3.63) is 34.3 Å². The average molecular weight is 351 g/mol. The Kier molecular flexibility index (Phi) is 3.76. The van der Waals surface area contributed by atoms with Gasteiger partial charge >= 0.3 is 0 Å². The van der Waals surface area contributed by atoms with Gasteiger partial charge in [-0.15, -0.1) is 0 Å². The van der Waals surface area contributed by atoms with Gasteiger partial charge in [-0.05, 0) is 37.5 Å². The fourth-order valence-electron chi connectivity index (χ4n) is 2.53. The van der Waals surface area contributed by atoms with Crippen LogP contribution in [-0.4, -0.2) is 21.4 Å². The zero-order valence-electron chi connectivity index (χ0n) is 10.9. The fraction of sp³-hybridized carbons (Fsp3) is 0.286. The van der Waals surface area contributed by atoms with Crippen LogP contribution >= 0.6 is 28.1 Å². The number of nitrogens with zero attached hydrogens (tertiary/aromatic N) is 2. The van der Waals surface area contributed by atoms with Crippen molar-refractivity contribution in [1.82, 2.24) is 9.78 Å². The molecule has 4 nitrogen and oxygen atoms in total. The van der Waals surface area contributed by atoms with Crippen molar-refractivity contribution < 1.29 is 0 Å². The quantitative estimate of drug-likeness (QED) is 0.775. The van der Waals surface area contributed by atoms with Gasteiger partial charge in [0.05, 0.1) is 5.69 Å². The number of hydrogen-bond donors (Lipinski definition) is 2. The van der Waals surface area contributed by atoms with Gasteiger partial charge < -0.3 is 11.1 Å². The van der Waals surface area contributed by atoms with Gasteiger partial charge in [0.2, 0.25) is 0 Å². The molecule has 3 rings (SSSR count). The number of nitrogens with two attached hydrogens (primary N) is 1. The molecule has 1 aliphatic rings. The fourth-order valence-corrected chi connectivity index (χ4v) is 3.14. The summed E-state index contributed by atoms with van der Waals surface area (Å²) >= 11 is 8.71. The van der Waals surface area contributed by atoms with Crippen LogP contribution in [0.3, 0.4) is 0 Å². The van der Waals surface area contributed by atoms with Crippen LogP contribution in [0.1, 0.15) is 18.4 Å². The summed E-state index contributed by atoms with van der Waals surface area (Å²) < 4.78 is 2.67. The molecule has 0 saturated heterocycles. The van der Waals surface area contributed by atoms with E-state index in [2.05, 4.69) is 32.4 Å². The van der Waals surface area contributed by atoms with Crippen molar-refractivity contribution >= 4 is 39.1 Å². The smallest absolute Gasteiger partial charge is 0.193 e. The summed E-state index contributed by atoms with van der Waals surface area (Å²) in [5.74, 6) is 0.945. The molecular weight excluding hydrogens is 336 g/mol. The zero-order valence-corrected chi connectivity index (χ0v) is 13.3. The largest absolute Gasteiger partial charge is 0.374 e. The van der Waals surface area contributed by atoms with Gasteiger partial charge in [-0.25, -0.2) is 0 Å². The third-order valence-electron chi connectivity index (χ3n) is 3.47. The van der Waals surface area contributed by atoms with E-state index in [1.54, 1.807) is 4.68 Å². The lowest BCUT2D eigenvalue weighted by molar-refractivity contribution is 0.782. The van der Waals surface area contributed by atoms with Gasteiger partial charge in [0.1, 0.15) is 5.82 Å². The van der Waals surface area contributed by atoms with E-state index in [0.717, 1.165) is 47.4 Å². The third kappa shape index (κ3) is 2.33. The van der Waals surface area contributed by atoms with E-state index in [0.29, 0.717) is 0 Å². The lowest BCUT2D eigenvalue weighted by Gasteiger charge is -2.06. The van der Waals surface area contributed by atoms with Crippen molar-refractivity contribution in [3.8, 4) is 11.3 Å². The molecule has 104 valence electrons. The Bertz CT molecular complexity index is 665. The molecule has 0 aliphatic carbocycles. The molecule has 0 unspecified atom stereocenters. The van der Waals surface area contributed by atoms with Gasteiger partial charge in [0, 0.05) is 22.1 Å². The first kappa shape index (κ1) is 13.6. The van der Waals surface area contributed by atoms with Crippen molar-refractivity contribution in [3.63, 3.8) is 0 Å². The molecule has 1 aromatic heterocycles. The molecule has 0 spiro atoms. The first-order valence-electron chi connectivity index (χ1n) is 6.59. The predicted octanol–water partition coefficient (Wildman–Crippen LogP) is 3.15. The molecule has 1 aliphatic heterocycles. The number of fused-ring (bicyclic) bond motifs is 1. The van der Waals surface area contributed by atoms with E-state index < -0.39 is 0 Å². The molecule has 20 heavy (non-hydrogen) atoms. The molecule has 6 heteroatoms. The normalized spacial score (nSPS) is 14.2. The van der Waals surface area contributed by atoms with Crippen LogP contribution in [0.25, 0.3) is 11.3 Å². The van der Waals surface area contributed by atoms with E-state index in [-0.39, 0.29) is 5.11 Å². The predicted molar refractivity (Wildman–Crippen MR) is 89.0 cm³/mol. The molecule has 0 bridgehead atoms. The highest BCUT2D eigenvalue weighted by atomic mass is 79.9. The minimum Gasteiger partial charge on any atom is -0.374 e. The van der Waals surface area contributed by atoms with E-state index in [9.17, 15) is 0 Å². The average Bonchev–Trinajstić information content (AvgIpc) is 2.63. The Balaban J connectivity index is 2.21. The molecule has 1 aromatic carbocycles. The molecule has 2 aromatic rings.